The van der Waals surface area contributed by atoms with Crippen LogP contribution < -0.4 is 11.1 Å². The van der Waals surface area contributed by atoms with E-state index in [2.05, 4.69) is 41.2 Å². The number of carbonyl (C=O) groups is 1. The van der Waals surface area contributed by atoms with Gasteiger partial charge in [-0.25, -0.2) is 0 Å². The van der Waals surface area contributed by atoms with Crippen LogP contribution in [0.4, 0.5) is 0 Å². The number of nitrogens with two attached hydrogens (primary N) is 1. The predicted molar refractivity (Wildman–Crippen MR) is 90.0 cm³/mol. The third-order valence-corrected chi connectivity index (χ3v) is 5.23. The van der Waals surface area contributed by atoms with Gasteiger partial charge in [-0.2, -0.15) is 0 Å². The number of amides is 1. The Kier molecular flexibility index (Phi) is 8.41. The lowest BCUT2D eigenvalue weighted by Gasteiger charge is -2.19. The van der Waals surface area contributed by atoms with Crippen LogP contribution in [-0.4, -0.2) is 19.0 Å². The summed E-state index contributed by atoms with van der Waals surface area (Å²) in [5.74, 6) is 1.30. The molecule has 0 aliphatic rings. The standard InChI is InChI=1S/C15H25BrN2OS/c1-11(2)12(7-9-17)3-6-15(19)18-10-8-13-4-5-14(16)20-13/h4-5,11-12H,3,6-10,17H2,1-2H3,(H,18,19). The molecule has 1 atom stereocenters. The first-order valence-corrected chi connectivity index (χ1v) is 8.84. The molecule has 1 aromatic heterocycles. The van der Waals surface area contributed by atoms with Crippen LogP contribution in [-0.2, 0) is 11.2 Å². The Labute approximate surface area is 134 Å². The van der Waals surface area contributed by atoms with Crippen molar-refractivity contribution >= 4 is 33.2 Å². The van der Waals surface area contributed by atoms with Crippen LogP contribution >= 0.6 is 27.3 Å². The van der Waals surface area contributed by atoms with E-state index in [4.69, 9.17) is 5.73 Å². The number of rotatable bonds is 9. The van der Waals surface area contributed by atoms with E-state index in [9.17, 15) is 4.79 Å². The normalized spacial score (nSPS) is 12.7. The lowest BCUT2D eigenvalue weighted by molar-refractivity contribution is -0.121. The zero-order valence-corrected chi connectivity index (χ0v) is 14.7. The predicted octanol–water partition coefficient (Wildman–Crippen LogP) is 3.57. The maximum absolute atomic E-state index is 11.8. The van der Waals surface area contributed by atoms with E-state index >= 15 is 0 Å². The molecule has 0 fully saturated rings. The molecule has 0 saturated carbocycles. The number of hydrogen-bond acceptors (Lipinski definition) is 3. The third-order valence-electron chi connectivity index (χ3n) is 3.54. The molecular formula is C15H25BrN2OS. The first-order valence-electron chi connectivity index (χ1n) is 7.24. The highest BCUT2D eigenvalue weighted by Gasteiger charge is 2.14. The molecule has 0 aliphatic heterocycles. The number of thiophene rings is 1. The van der Waals surface area contributed by atoms with Gasteiger partial charge in [-0.1, -0.05) is 13.8 Å². The zero-order valence-electron chi connectivity index (χ0n) is 12.3. The number of nitrogens with one attached hydrogen (secondary N) is 1. The lowest BCUT2D eigenvalue weighted by atomic mass is 9.88. The summed E-state index contributed by atoms with van der Waals surface area (Å²) in [4.78, 5) is 13.1. The van der Waals surface area contributed by atoms with Crippen LogP contribution in [0.1, 0.15) is 38.0 Å². The highest BCUT2D eigenvalue weighted by atomic mass is 79.9. The van der Waals surface area contributed by atoms with Crippen LogP contribution in [0.25, 0.3) is 0 Å². The molecule has 20 heavy (non-hydrogen) atoms. The van der Waals surface area contributed by atoms with Gasteiger partial charge in [0.05, 0.1) is 3.79 Å². The molecule has 1 rings (SSSR count). The topological polar surface area (TPSA) is 55.1 Å². The highest BCUT2D eigenvalue weighted by molar-refractivity contribution is 9.11. The zero-order chi connectivity index (χ0) is 15.0. The first kappa shape index (κ1) is 17.7. The monoisotopic (exact) mass is 360 g/mol. The van der Waals surface area contributed by atoms with Gasteiger partial charge in [0.2, 0.25) is 5.91 Å². The van der Waals surface area contributed by atoms with Gasteiger partial charge in [-0.3, -0.25) is 4.79 Å². The molecule has 1 heterocycles. The van der Waals surface area contributed by atoms with Gasteiger partial charge in [-0.15, -0.1) is 11.3 Å². The minimum absolute atomic E-state index is 0.156. The Balaban J connectivity index is 2.19. The van der Waals surface area contributed by atoms with Gasteiger partial charge < -0.3 is 11.1 Å². The van der Waals surface area contributed by atoms with E-state index in [1.807, 2.05) is 6.07 Å². The lowest BCUT2D eigenvalue weighted by Crippen LogP contribution is -2.26. The van der Waals surface area contributed by atoms with Crippen molar-refractivity contribution < 1.29 is 4.79 Å². The summed E-state index contributed by atoms with van der Waals surface area (Å²) < 4.78 is 1.14. The molecule has 3 N–H and O–H groups in total. The smallest absolute Gasteiger partial charge is 0.220 e. The number of carbonyl (C=O) groups excluding carboxylic acids is 1. The summed E-state index contributed by atoms with van der Waals surface area (Å²) >= 11 is 5.16. The SMILES string of the molecule is CC(C)C(CCN)CCC(=O)NCCc1ccc(Br)s1. The molecule has 0 bridgehead atoms. The second kappa shape index (κ2) is 9.53. The molecule has 0 spiro atoms. The van der Waals surface area contributed by atoms with Gasteiger partial charge in [0.15, 0.2) is 0 Å². The van der Waals surface area contributed by atoms with Crippen LogP contribution in [0.5, 0.6) is 0 Å². The van der Waals surface area contributed by atoms with E-state index < -0.39 is 0 Å². The molecule has 1 aromatic rings. The molecule has 5 heteroatoms. The molecule has 1 unspecified atom stereocenters. The van der Waals surface area contributed by atoms with E-state index in [0.29, 0.717) is 24.8 Å². The summed E-state index contributed by atoms with van der Waals surface area (Å²) in [7, 11) is 0. The number of hydrogen-bond donors (Lipinski definition) is 2. The van der Waals surface area contributed by atoms with Gasteiger partial charge in [0, 0.05) is 17.8 Å². The average Bonchev–Trinajstić information content (AvgIpc) is 2.80. The maximum Gasteiger partial charge on any atom is 0.220 e. The van der Waals surface area contributed by atoms with Crippen molar-refractivity contribution in [3.63, 3.8) is 0 Å². The van der Waals surface area contributed by atoms with Crippen molar-refractivity contribution in [1.29, 1.82) is 0 Å². The fraction of sp³-hybridized carbons (Fsp3) is 0.667. The largest absolute Gasteiger partial charge is 0.356 e. The summed E-state index contributed by atoms with van der Waals surface area (Å²) in [6, 6.07) is 4.14. The van der Waals surface area contributed by atoms with Gasteiger partial charge >= 0.3 is 0 Å². The molecular weight excluding hydrogens is 336 g/mol. The van der Waals surface area contributed by atoms with E-state index in [1.54, 1.807) is 11.3 Å². The fourth-order valence-corrected chi connectivity index (χ4v) is 3.72. The third kappa shape index (κ3) is 6.86. The van der Waals surface area contributed by atoms with Gasteiger partial charge in [-0.05, 0) is 65.7 Å². The molecule has 1 amide bonds. The molecule has 0 saturated heterocycles. The molecule has 0 aromatic carbocycles. The van der Waals surface area contributed by atoms with Gasteiger partial charge in [0.25, 0.3) is 0 Å². The Morgan fingerprint density at radius 2 is 2.15 bits per heavy atom. The van der Waals surface area contributed by atoms with Crippen molar-refractivity contribution in [3.8, 4) is 0 Å². The van der Waals surface area contributed by atoms with Crippen LogP contribution in [0.3, 0.4) is 0 Å². The summed E-state index contributed by atoms with van der Waals surface area (Å²) in [5.41, 5.74) is 5.62. The minimum atomic E-state index is 0.156. The number of halogens is 1. The van der Waals surface area contributed by atoms with E-state index in [0.717, 1.165) is 29.6 Å². The molecule has 0 aliphatic carbocycles. The van der Waals surface area contributed by atoms with Crippen LogP contribution in [0.15, 0.2) is 15.9 Å². The summed E-state index contributed by atoms with van der Waals surface area (Å²) in [5, 5.41) is 3.00. The van der Waals surface area contributed by atoms with Crippen molar-refractivity contribution in [2.24, 2.45) is 17.6 Å². The molecule has 114 valence electrons. The van der Waals surface area contributed by atoms with Crippen molar-refractivity contribution in [2.75, 3.05) is 13.1 Å². The second-order valence-corrected chi connectivity index (χ2v) is 7.97. The maximum atomic E-state index is 11.8. The van der Waals surface area contributed by atoms with Crippen molar-refractivity contribution in [3.05, 3.63) is 20.8 Å². The van der Waals surface area contributed by atoms with Crippen molar-refractivity contribution in [1.82, 2.24) is 5.32 Å². The summed E-state index contributed by atoms with van der Waals surface area (Å²) in [6.45, 7) is 5.83. The Morgan fingerprint density at radius 3 is 2.70 bits per heavy atom. The highest BCUT2D eigenvalue weighted by Crippen LogP contribution is 2.22. The van der Waals surface area contributed by atoms with Gasteiger partial charge in [0.1, 0.15) is 0 Å². The van der Waals surface area contributed by atoms with Crippen LogP contribution in [0, 0.1) is 11.8 Å². The van der Waals surface area contributed by atoms with E-state index in [-0.39, 0.29) is 5.91 Å². The first-order chi connectivity index (χ1) is 9.52. The minimum Gasteiger partial charge on any atom is -0.356 e. The fourth-order valence-electron chi connectivity index (χ4n) is 2.24. The van der Waals surface area contributed by atoms with Crippen LogP contribution in [0.2, 0.25) is 0 Å². The average molecular weight is 361 g/mol. The molecule has 0 radical (unpaired) electrons. The summed E-state index contributed by atoms with van der Waals surface area (Å²) in [6.07, 6.45) is 3.45. The van der Waals surface area contributed by atoms with E-state index in [1.165, 1.54) is 4.88 Å². The quantitative estimate of drug-likeness (QED) is 0.707. The Bertz CT molecular complexity index is 406. The second-order valence-electron chi connectivity index (χ2n) is 5.43. The van der Waals surface area contributed by atoms with Crippen molar-refractivity contribution in [2.45, 2.75) is 39.5 Å². The Hall–Kier alpha value is -0.390. The molecule has 3 nitrogen and oxygen atoms in total. The Morgan fingerprint density at radius 1 is 1.40 bits per heavy atom.